The highest BCUT2D eigenvalue weighted by Gasteiger charge is 2.11. The van der Waals surface area contributed by atoms with Crippen LogP contribution in [0.5, 0.6) is 11.5 Å². The lowest BCUT2D eigenvalue weighted by atomic mass is 10.2. The Kier molecular flexibility index (Phi) is 7.42. The molecule has 0 saturated carbocycles. The molecule has 2 amide bonds. The van der Waals surface area contributed by atoms with E-state index in [4.69, 9.17) is 15.9 Å². The van der Waals surface area contributed by atoms with Gasteiger partial charge in [0.2, 0.25) is 11.8 Å². The first-order chi connectivity index (χ1) is 13.1. The number of benzene rings is 2. The van der Waals surface area contributed by atoms with Gasteiger partial charge in [0.25, 0.3) is 0 Å². The van der Waals surface area contributed by atoms with E-state index in [1.807, 2.05) is 0 Å². The van der Waals surface area contributed by atoms with Gasteiger partial charge in [-0.2, -0.15) is 5.10 Å². The lowest BCUT2D eigenvalue weighted by Gasteiger charge is -2.09. The fourth-order valence-corrected chi connectivity index (χ4v) is 2.08. The minimum absolute atomic E-state index is 0.195. The number of carbonyl (C=O) groups is 2. The van der Waals surface area contributed by atoms with Crippen molar-refractivity contribution in [2.45, 2.75) is 6.42 Å². The Morgan fingerprint density at radius 1 is 1.15 bits per heavy atom. The van der Waals surface area contributed by atoms with Crippen LogP contribution in [0.3, 0.4) is 0 Å². The Hall–Kier alpha value is -3.79. The number of hydrogen-bond donors (Lipinski definition) is 2. The van der Waals surface area contributed by atoms with Crippen molar-refractivity contribution in [1.82, 2.24) is 5.43 Å². The monoisotopic (exact) mass is 365 g/mol. The number of ether oxygens (including phenoxy) is 2. The molecule has 7 nitrogen and oxygen atoms in total. The van der Waals surface area contributed by atoms with Crippen molar-refractivity contribution in [3.63, 3.8) is 0 Å². The summed E-state index contributed by atoms with van der Waals surface area (Å²) in [6.07, 6.45) is 6.21. The van der Waals surface area contributed by atoms with Gasteiger partial charge in [-0.05, 0) is 42.0 Å². The number of hydrazone groups is 1. The van der Waals surface area contributed by atoms with E-state index in [1.54, 1.807) is 48.5 Å². The summed E-state index contributed by atoms with van der Waals surface area (Å²) in [6.45, 7) is 0.195. The van der Waals surface area contributed by atoms with Gasteiger partial charge < -0.3 is 14.8 Å². The molecule has 0 saturated heterocycles. The van der Waals surface area contributed by atoms with E-state index < -0.39 is 11.8 Å². The van der Waals surface area contributed by atoms with Crippen molar-refractivity contribution in [2.75, 3.05) is 19.0 Å². The third kappa shape index (κ3) is 6.55. The molecule has 0 spiro atoms. The smallest absolute Gasteiger partial charge is 0.249 e. The first-order valence-corrected chi connectivity index (χ1v) is 8.03. The number of rotatable bonds is 8. The molecule has 2 aromatic rings. The minimum atomic E-state index is -0.535. The number of para-hydroxylation sites is 2. The Bertz CT molecular complexity index is 854. The van der Waals surface area contributed by atoms with Crippen LogP contribution >= 0.6 is 0 Å². The average molecular weight is 365 g/mol. The first kappa shape index (κ1) is 19.5. The topological polar surface area (TPSA) is 89.0 Å². The highest BCUT2D eigenvalue weighted by Crippen LogP contribution is 2.22. The molecule has 0 aliphatic heterocycles. The standard InChI is InChI=1S/C20H19N3O4/c1-3-12-27-16-10-8-15(9-11-16)14-21-23-20(25)13-19(24)22-17-6-4-5-7-18(17)26-2/h1,4-11,14H,12-13H2,2H3,(H,22,24)(H,23,25). The number of terminal acetylenes is 1. The summed E-state index contributed by atoms with van der Waals surface area (Å²) in [5, 5.41) is 6.44. The molecule has 2 N–H and O–H groups in total. The molecule has 0 radical (unpaired) electrons. The first-order valence-electron chi connectivity index (χ1n) is 8.03. The maximum atomic E-state index is 11.9. The molecule has 0 fully saturated rings. The molecule has 2 rings (SSSR count). The molecule has 0 aromatic heterocycles. The van der Waals surface area contributed by atoms with E-state index in [9.17, 15) is 9.59 Å². The number of anilines is 1. The van der Waals surface area contributed by atoms with Gasteiger partial charge in [0, 0.05) is 0 Å². The van der Waals surface area contributed by atoms with Gasteiger partial charge in [-0.25, -0.2) is 5.43 Å². The summed E-state index contributed by atoms with van der Waals surface area (Å²) in [6, 6.07) is 13.9. The SMILES string of the molecule is C#CCOc1ccc(C=NNC(=O)CC(=O)Nc2ccccc2OC)cc1. The Labute approximate surface area is 157 Å². The normalized spacial score (nSPS) is 10.1. The second-order valence-corrected chi connectivity index (χ2v) is 5.28. The molecule has 0 atom stereocenters. The number of carbonyl (C=O) groups excluding carboxylic acids is 2. The van der Waals surface area contributed by atoms with Crippen LogP contribution in [-0.4, -0.2) is 31.7 Å². The molecular weight excluding hydrogens is 346 g/mol. The van der Waals surface area contributed by atoms with Crippen molar-refractivity contribution in [3.8, 4) is 23.8 Å². The summed E-state index contributed by atoms with van der Waals surface area (Å²) in [5.41, 5.74) is 3.55. The summed E-state index contributed by atoms with van der Waals surface area (Å²) in [4.78, 5) is 23.7. The minimum Gasteiger partial charge on any atom is -0.495 e. The van der Waals surface area contributed by atoms with Crippen LogP contribution in [0, 0.1) is 12.3 Å². The second-order valence-electron chi connectivity index (χ2n) is 5.28. The molecule has 7 heteroatoms. The van der Waals surface area contributed by atoms with Gasteiger partial charge in [-0.3, -0.25) is 9.59 Å². The van der Waals surface area contributed by atoms with Crippen LogP contribution in [0.1, 0.15) is 12.0 Å². The van der Waals surface area contributed by atoms with Crippen LogP contribution in [0.2, 0.25) is 0 Å². The van der Waals surface area contributed by atoms with Crippen LogP contribution in [0.4, 0.5) is 5.69 Å². The molecular formula is C20H19N3O4. The Morgan fingerprint density at radius 3 is 2.59 bits per heavy atom. The van der Waals surface area contributed by atoms with Crippen molar-refractivity contribution in [3.05, 3.63) is 54.1 Å². The highest BCUT2D eigenvalue weighted by molar-refractivity contribution is 6.04. The molecule has 0 aliphatic carbocycles. The van der Waals surface area contributed by atoms with Crippen molar-refractivity contribution in [1.29, 1.82) is 0 Å². The van der Waals surface area contributed by atoms with Crippen molar-refractivity contribution >= 4 is 23.7 Å². The van der Waals surface area contributed by atoms with Crippen LogP contribution in [-0.2, 0) is 9.59 Å². The maximum absolute atomic E-state index is 11.9. The zero-order chi connectivity index (χ0) is 19.5. The predicted octanol–water partition coefficient (Wildman–Crippen LogP) is 2.19. The van der Waals surface area contributed by atoms with E-state index >= 15 is 0 Å². The number of amides is 2. The van der Waals surface area contributed by atoms with Gasteiger partial charge in [-0.15, -0.1) is 6.42 Å². The highest BCUT2D eigenvalue weighted by atomic mass is 16.5. The van der Waals surface area contributed by atoms with Gasteiger partial charge in [0.05, 0.1) is 19.0 Å². The summed E-state index contributed by atoms with van der Waals surface area (Å²) in [7, 11) is 1.50. The van der Waals surface area contributed by atoms with Crippen LogP contribution in [0.15, 0.2) is 53.6 Å². The number of hydrogen-bond acceptors (Lipinski definition) is 5. The van der Waals surface area contributed by atoms with Gasteiger partial charge in [0.1, 0.15) is 24.5 Å². The molecule has 0 heterocycles. The number of nitrogens with zero attached hydrogens (tertiary/aromatic N) is 1. The fraction of sp³-hybridized carbons (Fsp3) is 0.150. The maximum Gasteiger partial charge on any atom is 0.249 e. The molecule has 0 unspecified atom stereocenters. The Balaban J connectivity index is 1.80. The largest absolute Gasteiger partial charge is 0.495 e. The molecule has 0 bridgehead atoms. The lowest BCUT2D eigenvalue weighted by Crippen LogP contribution is -2.24. The lowest BCUT2D eigenvalue weighted by molar-refractivity contribution is -0.126. The third-order valence-corrected chi connectivity index (χ3v) is 3.31. The number of methoxy groups -OCH3 is 1. The predicted molar refractivity (Wildman–Crippen MR) is 103 cm³/mol. The van der Waals surface area contributed by atoms with Crippen molar-refractivity contribution in [2.24, 2.45) is 5.10 Å². The van der Waals surface area contributed by atoms with E-state index in [-0.39, 0.29) is 13.0 Å². The van der Waals surface area contributed by atoms with E-state index in [1.165, 1.54) is 13.3 Å². The second kappa shape index (κ2) is 10.3. The Morgan fingerprint density at radius 2 is 1.89 bits per heavy atom. The van der Waals surface area contributed by atoms with Crippen LogP contribution < -0.4 is 20.2 Å². The third-order valence-electron chi connectivity index (χ3n) is 3.31. The summed E-state index contributed by atoms with van der Waals surface area (Å²) in [5.74, 6) is 2.53. The zero-order valence-corrected chi connectivity index (χ0v) is 14.8. The fourth-order valence-electron chi connectivity index (χ4n) is 2.08. The van der Waals surface area contributed by atoms with E-state index in [0.717, 1.165) is 5.56 Å². The average Bonchev–Trinajstić information content (AvgIpc) is 2.67. The molecule has 0 aliphatic rings. The van der Waals surface area contributed by atoms with Gasteiger partial charge >= 0.3 is 0 Å². The molecule has 27 heavy (non-hydrogen) atoms. The van der Waals surface area contributed by atoms with Gasteiger partial charge in [0.15, 0.2) is 0 Å². The quantitative estimate of drug-likeness (QED) is 0.325. The molecule has 2 aromatic carbocycles. The zero-order valence-electron chi connectivity index (χ0n) is 14.8. The van der Waals surface area contributed by atoms with Crippen molar-refractivity contribution < 1.29 is 19.1 Å². The van der Waals surface area contributed by atoms with E-state index in [2.05, 4.69) is 21.8 Å². The van der Waals surface area contributed by atoms with Gasteiger partial charge in [-0.1, -0.05) is 18.1 Å². The van der Waals surface area contributed by atoms with Crippen LogP contribution in [0.25, 0.3) is 0 Å². The molecule has 138 valence electrons. The van der Waals surface area contributed by atoms with E-state index in [0.29, 0.717) is 17.2 Å². The summed E-state index contributed by atoms with van der Waals surface area (Å²) < 4.78 is 10.4. The summed E-state index contributed by atoms with van der Waals surface area (Å²) >= 11 is 0. The number of nitrogens with one attached hydrogen (secondary N) is 2.